The van der Waals surface area contributed by atoms with Crippen molar-refractivity contribution in [1.29, 1.82) is 0 Å². The summed E-state index contributed by atoms with van der Waals surface area (Å²) in [6.45, 7) is 5.75. The van der Waals surface area contributed by atoms with E-state index in [1.807, 2.05) is 42.5 Å². The summed E-state index contributed by atoms with van der Waals surface area (Å²) in [5.74, 6) is 0.699. The van der Waals surface area contributed by atoms with Gasteiger partial charge in [-0.3, -0.25) is 4.79 Å². The van der Waals surface area contributed by atoms with Crippen LogP contribution in [0.15, 0.2) is 71.3 Å². The van der Waals surface area contributed by atoms with Gasteiger partial charge in [0.25, 0.3) is 0 Å². The fourth-order valence-corrected chi connectivity index (χ4v) is 4.47. The number of carbonyl (C=O) groups excluding carboxylic acids is 2. The molecule has 0 radical (unpaired) electrons. The molecular weight excluding hydrogens is 520 g/mol. The van der Waals surface area contributed by atoms with Gasteiger partial charge in [0.15, 0.2) is 5.76 Å². The maximum atomic E-state index is 13.2. The zero-order chi connectivity index (χ0) is 27.9. The molecule has 202 valence electrons. The van der Waals surface area contributed by atoms with E-state index in [4.69, 9.17) is 30.3 Å². The number of para-hydroxylation sites is 1. The van der Waals surface area contributed by atoms with Crippen LogP contribution in [0.5, 0.6) is 5.75 Å². The summed E-state index contributed by atoms with van der Waals surface area (Å²) in [6, 6.07) is 20.1. The van der Waals surface area contributed by atoms with Crippen LogP contribution in [0.1, 0.15) is 25.1 Å². The van der Waals surface area contributed by atoms with Crippen molar-refractivity contribution in [1.82, 2.24) is 5.16 Å². The molecule has 1 amide bonds. The number of aromatic nitrogens is 1. The van der Waals surface area contributed by atoms with Crippen molar-refractivity contribution in [2.24, 2.45) is 0 Å². The predicted molar refractivity (Wildman–Crippen MR) is 150 cm³/mol. The second-order valence-electron chi connectivity index (χ2n) is 8.53. The van der Waals surface area contributed by atoms with E-state index in [0.29, 0.717) is 45.8 Å². The maximum Gasteiger partial charge on any atom is 0.419 e. The van der Waals surface area contributed by atoms with Gasteiger partial charge in [0.1, 0.15) is 17.1 Å². The number of hydrogen-bond donors (Lipinski definition) is 0. The Bertz CT molecular complexity index is 1480. The number of benzene rings is 3. The second-order valence-corrected chi connectivity index (χ2v) is 8.94. The van der Waals surface area contributed by atoms with Gasteiger partial charge in [-0.2, -0.15) is 0 Å². The number of carbonyl (C=O) groups is 2. The Morgan fingerprint density at radius 3 is 2.41 bits per heavy atom. The van der Waals surface area contributed by atoms with E-state index in [2.05, 4.69) is 5.16 Å². The molecule has 8 nitrogen and oxygen atoms in total. The highest BCUT2D eigenvalue weighted by Gasteiger charge is 2.30. The number of amides is 1. The van der Waals surface area contributed by atoms with Crippen molar-refractivity contribution < 1.29 is 28.3 Å². The first kappa shape index (κ1) is 27.7. The Morgan fingerprint density at radius 1 is 0.949 bits per heavy atom. The number of rotatable bonds is 9. The van der Waals surface area contributed by atoms with Crippen LogP contribution < -0.4 is 9.64 Å². The molecule has 0 saturated heterocycles. The Kier molecular flexibility index (Phi) is 8.88. The molecule has 9 heteroatoms. The van der Waals surface area contributed by atoms with Gasteiger partial charge < -0.3 is 18.7 Å². The van der Waals surface area contributed by atoms with Crippen LogP contribution in [0.3, 0.4) is 0 Å². The third-order valence-electron chi connectivity index (χ3n) is 5.95. The van der Waals surface area contributed by atoms with Gasteiger partial charge in [0, 0.05) is 11.1 Å². The second kappa shape index (κ2) is 12.5. The molecule has 1 heterocycles. The van der Waals surface area contributed by atoms with Gasteiger partial charge in [-0.05, 0) is 62.2 Å². The SMILES string of the molecule is CCOC(=O)Cc1ccc(OC)c(-c2cccc(-c3onc(C)c3N(C(=O)OCC)c3ccccc3Cl)c2)c1. The minimum Gasteiger partial charge on any atom is -0.496 e. The zero-order valence-electron chi connectivity index (χ0n) is 22.2. The van der Waals surface area contributed by atoms with Crippen molar-refractivity contribution in [2.75, 3.05) is 25.2 Å². The zero-order valence-corrected chi connectivity index (χ0v) is 22.9. The number of halogens is 1. The minimum absolute atomic E-state index is 0.141. The normalized spacial score (nSPS) is 10.7. The van der Waals surface area contributed by atoms with Crippen LogP contribution in [-0.4, -0.2) is 37.5 Å². The third kappa shape index (κ3) is 6.07. The highest BCUT2D eigenvalue weighted by molar-refractivity contribution is 6.34. The Morgan fingerprint density at radius 2 is 1.69 bits per heavy atom. The van der Waals surface area contributed by atoms with E-state index in [0.717, 1.165) is 16.7 Å². The Labute approximate surface area is 232 Å². The lowest BCUT2D eigenvalue weighted by Crippen LogP contribution is -2.27. The molecule has 4 aromatic rings. The standard InChI is InChI=1S/C30H29ClN2O6/c1-5-37-27(34)17-20-14-15-26(36-4)23(16-20)21-10-9-11-22(18-21)29-28(19(3)32-39-29)33(30(35)38-6-2)25-13-8-7-12-24(25)31/h7-16,18H,5-6,17H2,1-4H3. The monoisotopic (exact) mass is 548 g/mol. The number of esters is 1. The average Bonchev–Trinajstić information content (AvgIpc) is 3.31. The number of ether oxygens (including phenoxy) is 3. The molecule has 0 aliphatic rings. The topological polar surface area (TPSA) is 91.1 Å². The lowest BCUT2D eigenvalue weighted by Gasteiger charge is -2.23. The molecule has 0 saturated carbocycles. The summed E-state index contributed by atoms with van der Waals surface area (Å²) in [5.41, 5.74) is 4.40. The van der Waals surface area contributed by atoms with Gasteiger partial charge in [-0.15, -0.1) is 0 Å². The van der Waals surface area contributed by atoms with E-state index >= 15 is 0 Å². The van der Waals surface area contributed by atoms with Crippen LogP contribution in [0.25, 0.3) is 22.5 Å². The quantitative estimate of drug-likeness (QED) is 0.201. The van der Waals surface area contributed by atoms with Gasteiger partial charge >= 0.3 is 12.1 Å². The first-order valence-electron chi connectivity index (χ1n) is 12.5. The van der Waals surface area contributed by atoms with E-state index < -0.39 is 6.09 Å². The van der Waals surface area contributed by atoms with E-state index in [-0.39, 0.29) is 19.0 Å². The summed E-state index contributed by atoms with van der Waals surface area (Å²) in [5, 5.41) is 4.54. The molecule has 4 rings (SSSR count). The largest absolute Gasteiger partial charge is 0.496 e. The first-order chi connectivity index (χ1) is 18.9. The van der Waals surface area contributed by atoms with E-state index in [9.17, 15) is 9.59 Å². The summed E-state index contributed by atoms with van der Waals surface area (Å²) < 4.78 is 21.9. The van der Waals surface area contributed by atoms with Crippen molar-refractivity contribution in [3.8, 4) is 28.2 Å². The Hall–Kier alpha value is -4.30. The number of aryl methyl sites for hydroxylation is 1. The molecule has 0 fully saturated rings. The first-order valence-corrected chi connectivity index (χ1v) is 12.9. The highest BCUT2D eigenvalue weighted by atomic mass is 35.5. The summed E-state index contributed by atoms with van der Waals surface area (Å²) in [7, 11) is 1.59. The van der Waals surface area contributed by atoms with Gasteiger partial charge in [0.05, 0.1) is 37.5 Å². The average molecular weight is 549 g/mol. The van der Waals surface area contributed by atoms with Crippen molar-refractivity contribution in [3.05, 3.63) is 83.0 Å². The molecule has 0 aliphatic heterocycles. The molecule has 0 aliphatic carbocycles. The molecule has 0 spiro atoms. The molecule has 0 unspecified atom stereocenters. The Balaban J connectivity index is 1.82. The summed E-state index contributed by atoms with van der Waals surface area (Å²) >= 11 is 6.49. The molecule has 0 N–H and O–H groups in total. The number of anilines is 2. The van der Waals surface area contributed by atoms with Gasteiger partial charge in [0.2, 0.25) is 0 Å². The smallest absolute Gasteiger partial charge is 0.419 e. The van der Waals surface area contributed by atoms with Crippen molar-refractivity contribution in [2.45, 2.75) is 27.2 Å². The van der Waals surface area contributed by atoms with Crippen LogP contribution >= 0.6 is 11.6 Å². The minimum atomic E-state index is -0.609. The van der Waals surface area contributed by atoms with E-state index in [1.54, 1.807) is 52.1 Å². The summed E-state index contributed by atoms with van der Waals surface area (Å²) in [6.07, 6.45) is -0.467. The molecular formula is C30H29ClN2O6. The summed E-state index contributed by atoms with van der Waals surface area (Å²) in [4.78, 5) is 26.6. The number of nitrogens with zero attached hydrogens (tertiary/aromatic N) is 2. The van der Waals surface area contributed by atoms with Gasteiger partial charge in [-0.25, -0.2) is 9.69 Å². The third-order valence-corrected chi connectivity index (χ3v) is 6.27. The van der Waals surface area contributed by atoms with E-state index in [1.165, 1.54) is 4.90 Å². The van der Waals surface area contributed by atoms with Crippen LogP contribution in [0.2, 0.25) is 5.02 Å². The number of hydrogen-bond acceptors (Lipinski definition) is 7. The van der Waals surface area contributed by atoms with Crippen LogP contribution in [-0.2, 0) is 20.7 Å². The maximum absolute atomic E-state index is 13.2. The molecule has 1 aromatic heterocycles. The lowest BCUT2D eigenvalue weighted by atomic mass is 9.98. The molecule has 3 aromatic carbocycles. The molecule has 0 atom stereocenters. The fourth-order valence-electron chi connectivity index (χ4n) is 4.25. The van der Waals surface area contributed by atoms with Gasteiger partial charge in [-0.1, -0.05) is 53.2 Å². The number of methoxy groups -OCH3 is 1. The predicted octanol–water partition coefficient (Wildman–Crippen LogP) is 7.38. The molecule has 39 heavy (non-hydrogen) atoms. The fraction of sp³-hybridized carbons (Fsp3) is 0.233. The molecule has 0 bridgehead atoms. The van der Waals surface area contributed by atoms with Crippen molar-refractivity contribution >= 4 is 35.0 Å². The van der Waals surface area contributed by atoms with Crippen molar-refractivity contribution in [3.63, 3.8) is 0 Å². The highest BCUT2D eigenvalue weighted by Crippen LogP contribution is 2.42. The lowest BCUT2D eigenvalue weighted by molar-refractivity contribution is -0.142. The van der Waals surface area contributed by atoms with Crippen LogP contribution in [0.4, 0.5) is 16.2 Å². The van der Waals surface area contributed by atoms with Crippen LogP contribution in [0, 0.1) is 6.92 Å².